The van der Waals surface area contributed by atoms with Crippen molar-refractivity contribution in [3.8, 4) is 0 Å². The van der Waals surface area contributed by atoms with Crippen molar-refractivity contribution < 1.29 is 24.0 Å². The molecule has 0 spiro atoms. The van der Waals surface area contributed by atoms with Crippen LogP contribution in [0.4, 0.5) is 0 Å². The van der Waals surface area contributed by atoms with Crippen molar-refractivity contribution in [2.75, 3.05) is 6.61 Å². The molecule has 0 N–H and O–H groups in total. The van der Waals surface area contributed by atoms with Crippen molar-refractivity contribution in [1.82, 2.24) is 5.06 Å². The minimum absolute atomic E-state index is 0.136. The van der Waals surface area contributed by atoms with Crippen LogP contribution in [0.2, 0.25) is 0 Å². The lowest BCUT2D eigenvalue weighted by Crippen LogP contribution is -2.37. The number of ether oxygens (including phenoxy) is 1. The summed E-state index contributed by atoms with van der Waals surface area (Å²) >= 11 is 0. The van der Waals surface area contributed by atoms with Gasteiger partial charge in [-0.3, -0.25) is 9.59 Å². The van der Waals surface area contributed by atoms with Gasteiger partial charge in [-0.05, 0) is 37.3 Å². The van der Waals surface area contributed by atoms with E-state index in [2.05, 4.69) is 0 Å². The number of carbonyl (C=O) groups excluding carboxylic acids is 3. The number of amides is 2. The first-order valence-corrected chi connectivity index (χ1v) is 7.48. The zero-order valence-electron chi connectivity index (χ0n) is 11.9. The van der Waals surface area contributed by atoms with Gasteiger partial charge < -0.3 is 9.57 Å². The highest BCUT2D eigenvalue weighted by Crippen LogP contribution is 2.42. The first-order chi connectivity index (χ1) is 10.7. The van der Waals surface area contributed by atoms with E-state index < -0.39 is 23.7 Å². The molecule has 1 aromatic carbocycles. The Bertz CT molecular complexity index is 631. The van der Waals surface area contributed by atoms with E-state index in [1.165, 1.54) is 0 Å². The van der Waals surface area contributed by atoms with Gasteiger partial charge in [0.15, 0.2) is 0 Å². The van der Waals surface area contributed by atoms with E-state index in [1.54, 1.807) is 24.3 Å². The number of hydrogen-bond donors (Lipinski definition) is 0. The molecule has 1 aliphatic carbocycles. The number of hydroxylamine groups is 2. The maximum atomic E-state index is 12.3. The molecule has 0 radical (unpaired) electrons. The van der Waals surface area contributed by atoms with Gasteiger partial charge in [-0.2, -0.15) is 0 Å². The predicted molar refractivity (Wildman–Crippen MR) is 73.6 cm³/mol. The highest BCUT2D eigenvalue weighted by molar-refractivity contribution is 6.20. The summed E-state index contributed by atoms with van der Waals surface area (Å²) in [6.45, 7) is 0.517. The third-order valence-corrected chi connectivity index (χ3v) is 4.46. The monoisotopic (exact) mass is 301 g/mol. The molecule has 2 atom stereocenters. The fourth-order valence-corrected chi connectivity index (χ4v) is 3.16. The maximum Gasteiger partial charge on any atom is 0.338 e. The van der Waals surface area contributed by atoms with Crippen molar-refractivity contribution in [2.24, 2.45) is 11.8 Å². The van der Waals surface area contributed by atoms with Crippen LogP contribution < -0.4 is 0 Å². The van der Waals surface area contributed by atoms with Crippen LogP contribution in [0.1, 0.15) is 40.0 Å². The molecule has 1 saturated heterocycles. The Labute approximate surface area is 126 Å². The number of rotatable bonds is 3. The topological polar surface area (TPSA) is 72.9 Å². The van der Waals surface area contributed by atoms with Gasteiger partial charge in [-0.15, -0.1) is 0 Å². The molecule has 1 aromatic rings. The summed E-state index contributed by atoms with van der Waals surface area (Å²) in [5, 5.41) is 0.579. The average molecular weight is 301 g/mol. The van der Waals surface area contributed by atoms with Crippen LogP contribution >= 0.6 is 0 Å². The second kappa shape index (κ2) is 4.91. The normalized spacial score (nSPS) is 27.2. The smallest absolute Gasteiger partial charge is 0.338 e. The molecule has 3 aliphatic rings. The Kier molecular flexibility index (Phi) is 3.00. The van der Waals surface area contributed by atoms with E-state index in [1.807, 2.05) is 0 Å². The number of nitrogens with zero attached hydrogens (tertiary/aromatic N) is 1. The summed E-state index contributed by atoms with van der Waals surface area (Å²) in [6.07, 6.45) is 2.55. The Hall–Kier alpha value is -2.21. The molecule has 2 fully saturated rings. The van der Waals surface area contributed by atoms with Gasteiger partial charge in [-0.25, -0.2) is 4.79 Å². The number of hydrogen-bond acceptors (Lipinski definition) is 5. The molecule has 22 heavy (non-hydrogen) atoms. The largest absolute Gasteiger partial charge is 0.377 e. The van der Waals surface area contributed by atoms with Gasteiger partial charge in [-0.1, -0.05) is 17.2 Å². The predicted octanol–water partition coefficient (Wildman–Crippen LogP) is 1.56. The molecule has 0 bridgehead atoms. The van der Waals surface area contributed by atoms with Crippen LogP contribution in [0.5, 0.6) is 0 Å². The van der Waals surface area contributed by atoms with Crippen LogP contribution in [0.3, 0.4) is 0 Å². The lowest BCUT2D eigenvalue weighted by Gasteiger charge is -2.19. The first-order valence-electron chi connectivity index (χ1n) is 7.48. The highest BCUT2D eigenvalue weighted by atomic mass is 16.7. The molecule has 114 valence electrons. The molecule has 2 amide bonds. The molecule has 0 unspecified atom stereocenters. The van der Waals surface area contributed by atoms with E-state index in [0.717, 1.165) is 12.8 Å². The molecule has 0 aromatic heterocycles. The van der Waals surface area contributed by atoms with Crippen LogP contribution in [-0.2, 0) is 14.4 Å². The number of imide groups is 1. The second-order valence-electron chi connectivity index (χ2n) is 5.93. The molecule has 4 rings (SSSR count). The van der Waals surface area contributed by atoms with E-state index >= 15 is 0 Å². The van der Waals surface area contributed by atoms with Gasteiger partial charge in [0.05, 0.1) is 23.1 Å². The average Bonchev–Trinajstić information content (AvgIpc) is 3.22. The fourth-order valence-electron chi connectivity index (χ4n) is 3.16. The molecule has 2 heterocycles. The van der Waals surface area contributed by atoms with Crippen LogP contribution in [-0.4, -0.2) is 35.6 Å². The van der Waals surface area contributed by atoms with Gasteiger partial charge in [0.2, 0.25) is 0 Å². The van der Waals surface area contributed by atoms with E-state index in [0.29, 0.717) is 24.0 Å². The number of fused-ring (bicyclic) bond motifs is 1. The lowest BCUT2D eigenvalue weighted by molar-refractivity contribution is -0.175. The quantitative estimate of drug-likeness (QED) is 0.792. The minimum atomic E-state index is -0.587. The van der Waals surface area contributed by atoms with E-state index in [4.69, 9.17) is 9.57 Å². The summed E-state index contributed by atoms with van der Waals surface area (Å²) in [5.74, 6) is -1.71. The third kappa shape index (κ3) is 2.02. The molecule has 2 aliphatic heterocycles. The van der Waals surface area contributed by atoms with Gasteiger partial charge >= 0.3 is 5.97 Å². The van der Waals surface area contributed by atoms with E-state index in [9.17, 15) is 14.4 Å². The van der Waals surface area contributed by atoms with E-state index in [-0.39, 0.29) is 17.2 Å². The standard InChI is InChI=1S/C16H15NO5/c18-14-10-3-1-2-4-11(10)15(19)17(14)22-16(20)12-7-8-21-13(12)9-5-6-9/h1-4,9,12-13H,5-8H2/t12-,13+/m1/s1. The Morgan fingerprint density at radius 3 is 2.32 bits per heavy atom. The van der Waals surface area contributed by atoms with Crippen molar-refractivity contribution in [3.05, 3.63) is 35.4 Å². The van der Waals surface area contributed by atoms with Crippen molar-refractivity contribution in [3.63, 3.8) is 0 Å². The minimum Gasteiger partial charge on any atom is -0.377 e. The Morgan fingerprint density at radius 1 is 1.09 bits per heavy atom. The number of benzene rings is 1. The zero-order chi connectivity index (χ0) is 15.3. The summed E-state index contributed by atoms with van der Waals surface area (Å²) < 4.78 is 5.60. The van der Waals surface area contributed by atoms with Crippen molar-refractivity contribution in [2.45, 2.75) is 25.4 Å². The summed E-state index contributed by atoms with van der Waals surface area (Å²) in [5.41, 5.74) is 0.531. The third-order valence-electron chi connectivity index (χ3n) is 4.46. The Balaban J connectivity index is 1.51. The number of carbonyl (C=O) groups is 3. The molecular weight excluding hydrogens is 286 g/mol. The summed E-state index contributed by atoms with van der Waals surface area (Å²) in [6, 6.07) is 6.44. The van der Waals surface area contributed by atoms with Gasteiger partial charge in [0.25, 0.3) is 11.8 Å². The summed E-state index contributed by atoms with van der Waals surface area (Å²) in [4.78, 5) is 41.8. The van der Waals surface area contributed by atoms with Crippen molar-refractivity contribution >= 4 is 17.8 Å². The molecule has 6 nitrogen and oxygen atoms in total. The lowest BCUT2D eigenvalue weighted by atomic mass is 9.98. The van der Waals surface area contributed by atoms with Crippen LogP contribution in [0.15, 0.2) is 24.3 Å². The van der Waals surface area contributed by atoms with Crippen molar-refractivity contribution in [1.29, 1.82) is 0 Å². The van der Waals surface area contributed by atoms with Crippen LogP contribution in [0.25, 0.3) is 0 Å². The molecular formula is C16H15NO5. The maximum absolute atomic E-state index is 12.3. The molecule has 1 saturated carbocycles. The molecule has 6 heteroatoms. The highest BCUT2D eigenvalue weighted by Gasteiger charge is 2.47. The Morgan fingerprint density at radius 2 is 1.73 bits per heavy atom. The van der Waals surface area contributed by atoms with Gasteiger partial charge in [0.1, 0.15) is 0 Å². The fraction of sp³-hybridized carbons (Fsp3) is 0.438. The second-order valence-corrected chi connectivity index (χ2v) is 5.93. The summed E-state index contributed by atoms with van der Waals surface area (Å²) in [7, 11) is 0. The zero-order valence-corrected chi connectivity index (χ0v) is 11.9. The SMILES string of the molecule is O=C(ON1C(=O)c2ccccc2C1=O)[C@@H]1CCO[C@H]1C1CC1. The first kappa shape index (κ1) is 13.5. The van der Waals surface area contributed by atoms with Gasteiger partial charge in [0, 0.05) is 6.61 Å². The van der Waals surface area contributed by atoms with Crippen LogP contribution in [0, 0.1) is 11.8 Å².